The van der Waals surface area contributed by atoms with Crippen LogP contribution in [0.15, 0.2) is 18.5 Å². The van der Waals surface area contributed by atoms with Gasteiger partial charge in [-0.1, -0.05) is 0 Å². The highest BCUT2D eigenvalue weighted by Crippen LogP contribution is 2.13. The van der Waals surface area contributed by atoms with Gasteiger partial charge in [0.15, 0.2) is 0 Å². The summed E-state index contributed by atoms with van der Waals surface area (Å²) in [5, 5.41) is 18.1. The third-order valence-electron chi connectivity index (χ3n) is 2.41. The van der Waals surface area contributed by atoms with Gasteiger partial charge in [-0.05, 0) is 26.3 Å². The molecule has 0 aliphatic carbocycles. The van der Waals surface area contributed by atoms with Crippen LogP contribution in [0.1, 0.15) is 30.6 Å². The maximum Gasteiger partial charge on any atom is 0.255 e. The predicted molar refractivity (Wildman–Crippen MR) is 63.8 cm³/mol. The van der Waals surface area contributed by atoms with E-state index in [-0.39, 0.29) is 24.3 Å². The molecule has 2 N–H and O–H groups in total. The van der Waals surface area contributed by atoms with Gasteiger partial charge in [-0.15, -0.1) is 0 Å². The zero-order valence-corrected chi connectivity index (χ0v) is 10.1. The average molecular weight is 238 g/mol. The van der Waals surface area contributed by atoms with E-state index in [9.17, 15) is 9.90 Å². The van der Waals surface area contributed by atoms with Crippen LogP contribution in [0.4, 0.5) is 0 Å². The Bertz CT molecular complexity index is 380. The first-order valence-electron chi connectivity index (χ1n) is 5.62. The molecule has 0 aliphatic rings. The molecule has 1 rings (SSSR count). The summed E-state index contributed by atoms with van der Waals surface area (Å²) in [4.78, 5) is 17.6. The summed E-state index contributed by atoms with van der Waals surface area (Å²) in [5.41, 5.74) is 0.358. The molecule has 0 bridgehead atoms. The van der Waals surface area contributed by atoms with E-state index in [1.165, 1.54) is 18.5 Å². The van der Waals surface area contributed by atoms with Gasteiger partial charge in [-0.2, -0.15) is 0 Å². The Morgan fingerprint density at radius 3 is 2.71 bits per heavy atom. The summed E-state index contributed by atoms with van der Waals surface area (Å²) < 4.78 is 0. The Balaban J connectivity index is 2.84. The van der Waals surface area contributed by atoms with Crippen molar-refractivity contribution in [2.45, 2.75) is 26.3 Å². The summed E-state index contributed by atoms with van der Waals surface area (Å²) in [6.07, 6.45) is 3.25. The lowest BCUT2D eigenvalue weighted by atomic mass is 10.2. The fourth-order valence-corrected chi connectivity index (χ4v) is 1.55. The second kappa shape index (κ2) is 6.20. The molecule has 0 atom stereocenters. The van der Waals surface area contributed by atoms with Gasteiger partial charge in [0.25, 0.3) is 5.91 Å². The molecule has 0 fully saturated rings. The zero-order chi connectivity index (χ0) is 12.8. The van der Waals surface area contributed by atoms with E-state index in [0.717, 1.165) is 0 Å². The Kier molecular flexibility index (Phi) is 4.90. The summed E-state index contributed by atoms with van der Waals surface area (Å²) in [6, 6.07) is 1.43. The van der Waals surface area contributed by atoms with Crippen LogP contribution >= 0.6 is 0 Å². The molecule has 5 heteroatoms. The quantitative estimate of drug-likeness (QED) is 0.803. The van der Waals surface area contributed by atoms with E-state index in [1.54, 1.807) is 4.90 Å². The number of hydrogen-bond donors (Lipinski definition) is 2. The van der Waals surface area contributed by atoms with E-state index in [2.05, 4.69) is 4.98 Å². The van der Waals surface area contributed by atoms with Crippen molar-refractivity contribution in [2.75, 3.05) is 13.2 Å². The van der Waals surface area contributed by atoms with Crippen molar-refractivity contribution in [1.82, 2.24) is 9.88 Å². The molecule has 0 saturated heterocycles. The molecule has 1 heterocycles. The SMILES string of the molecule is CC(C)N(CCCO)C(=O)c1cncc(O)c1. The highest BCUT2D eigenvalue weighted by Gasteiger charge is 2.18. The fraction of sp³-hybridized carbons (Fsp3) is 0.500. The normalized spacial score (nSPS) is 10.6. The molecule has 94 valence electrons. The van der Waals surface area contributed by atoms with Crippen molar-refractivity contribution < 1.29 is 15.0 Å². The number of aliphatic hydroxyl groups excluding tert-OH is 1. The summed E-state index contributed by atoms with van der Waals surface area (Å²) >= 11 is 0. The van der Waals surface area contributed by atoms with Crippen LogP contribution in [0, 0.1) is 0 Å². The lowest BCUT2D eigenvalue weighted by molar-refractivity contribution is 0.0692. The second-order valence-corrected chi connectivity index (χ2v) is 4.10. The number of carbonyl (C=O) groups is 1. The number of aromatic hydroxyl groups is 1. The minimum atomic E-state index is -0.183. The van der Waals surface area contributed by atoms with Crippen LogP contribution in [0.25, 0.3) is 0 Å². The molecule has 0 aromatic carbocycles. The second-order valence-electron chi connectivity index (χ2n) is 4.10. The number of aliphatic hydroxyl groups is 1. The first-order chi connectivity index (χ1) is 8.06. The average Bonchev–Trinajstić information content (AvgIpc) is 2.29. The van der Waals surface area contributed by atoms with Gasteiger partial charge in [-0.25, -0.2) is 0 Å². The van der Waals surface area contributed by atoms with Crippen LogP contribution in [-0.4, -0.2) is 45.2 Å². The van der Waals surface area contributed by atoms with Gasteiger partial charge in [0.1, 0.15) is 5.75 Å². The third-order valence-corrected chi connectivity index (χ3v) is 2.41. The Morgan fingerprint density at radius 2 is 2.18 bits per heavy atom. The molecule has 0 saturated carbocycles. The smallest absolute Gasteiger partial charge is 0.255 e. The fourth-order valence-electron chi connectivity index (χ4n) is 1.55. The standard InChI is InChI=1S/C12H18N2O3/c1-9(2)14(4-3-5-15)12(17)10-6-11(16)8-13-7-10/h6-9,15-16H,3-5H2,1-2H3. The Morgan fingerprint density at radius 1 is 1.47 bits per heavy atom. The minimum Gasteiger partial charge on any atom is -0.506 e. The van der Waals surface area contributed by atoms with Crippen molar-refractivity contribution in [1.29, 1.82) is 0 Å². The molecule has 5 nitrogen and oxygen atoms in total. The molecule has 0 aliphatic heterocycles. The molecule has 0 radical (unpaired) electrons. The zero-order valence-electron chi connectivity index (χ0n) is 10.1. The largest absolute Gasteiger partial charge is 0.506 e. The summed E-state index contributed by atoms with van der Waals surface area (Å²) in [6.45, 7) is 4.36. The van der Waals surface area contributed by atoms with Gasteiger partial charge in [0.2, 0.25) is 0 Å². The highest BCUT2D eigenvalue weighted by atomic mass is 16.3. The monoisotopic (exact) mass is 238 g/mol. The first-order valence-corrected chi connectivity index (χ1v) is 5.62. The third kappa shape index (κ3) is 3.71. The molecule has 1 aromatic rings. The van der Waals surface area contributed by atoms with E-state index < -0.39 is 0 Å². The molecule has 1 aromatic heterocycles. The van der Waals surface area contributed by atoms with Crippen LogP contribution in [0.3, 0.4) is 0 Å². The Hall–Kier alpha value is -1.62. The molecule has 0 unspecified atom stereocenters. The number of hydrogen-bond acceptors (Lipinski definition) is 4. The van der Waals surface area contributed by atoms with Gasteiger partial charge < -0.3 is 15.1 Å². The maximum absolute atomic E-state index is 12.1. The van der Waals surface area contributed by atoms with Gasteiger partial charge in [0.05, 0.1) is 11.8 Å². The molecular formula is C12H18N2O3. The van der Waals surface area contributed by atoms with Crippen LogP contribution < -0.4 is 0 Å². The molecule has 17 heavy (non-hydrogen) atoms. The summed E-state index contributed by atoms with van der Waals surface area (Å²) in [5.74, 6) is -0.210. The van der Waals surface area contributed by atoms with E-state index in [4.69, 9.17) is 5.11 Å². The topological polar surface area (TPSA) is 73.7 Å². The number of nitrogens with zero attached hydrogens (tertiary/aromatic N) is 2. The van der Waals surface area contributed by atoms with Crippen molar-refractivity contribution in [3.05, 3.63) is 24.0 Å². The predicted octanol–water partition coefficient (Wildman–Crippen LogP) is 1.02. The lowest BCUT2D eigenvalue weighted by Crippen LogP contribution is -2.38. The van der Waals surface area contributed by atoms with Crippen LogP contribution in [0.5, 0.6) is 5.75 Å². The molecule has 1 amide bonds. The van der Waals surface area contributed by atoms with Crippen molar-refractivity contribution >= 4 is 5.91 Å². The highest BCUT2D eigenvalue weighted by molar-refractivity contribution is 5.94. The number of rotatable bonds is 5. The minimum absolute atomic E-state index is 0.0262. The van der Waals surface area contributed by atoms with Crippen LogP contribution in [-0.2, 0) is 0 Å². The van der Waals surface area contributed by atoms with E-state index >= 15 is 0 Å². The van der Waals surface area contributed by atoms with Crippen molar-refractivity contribution in [2.24, 2.45) is 0 Å². The first kappa shape index (κ1) is 13.4. The molecule has 0 spiro atoms. The van der Waals surface area contributed by atoms with Crippen LogP contribution in [0.2, 0.25) is 0 Å². The van der Waals surface area contributed by atoms with Gasteiger partial charge in [-0.3, -0.25) is 9.78 Å². The van der Waals surface area contributed by atoms with Gasteiger partial charge in [0, 0.05) is 25.4 Å². The van der Waals surface area contributed by atoms with E-state index in [0.29, 0.717) is 18.5 Å². The Labute approximate surface area is 101 Å². The maximum atomic E-state index is 12.1. The number of carbonyl (C=O) groups excluding carboxylic acids is 1. The number of pyridine rings is 1. The van der Waals surface area contributed by atoms with E-state index in [1.807, 2.05) is 13.8 Å². The van der Waals surface area contributed by atoms with Crippen molar-refractivity contribution in [3.8, 4) is 5.75 Å². The number of amides is 1. The summed E-state index contributed by atoms with van der Waals surface area (Å²) in [7, 11) is 0. The lowest BCUT2D eigenvalue weighted by Gasteiger charge is -2.26. The van der Waals surface area contributed by atoms with Gasteiger partial charge >= 0.3 is 0 Å². The molecular weight excluding hydrogens is 220 g/mol. The number of aromatic nitrogens is 1. The van der Waals surface area contributed by atoms with Crippen molar-refractivity contribution in [3.63, 3.8) is 0 Å².